The predicted molar refractivity (Wildman–Crippen MR) is 90.8 cm³/mol. The fourth-order valence-corrected chi connectivity index (χ4v) is 0. The molecule has 0 N–H and O–H groups in total. The van der Waals surface area contributed by atoms with Gasteiger partial charge in [-0.15, -0.1) is 0 Å². The van der Waals surface area contributed by atoms with E-state index in [1.165, 1.54) is 57.1 Å². The molecule has 0 rings (SSSR count). The van der Waals surface area contributed by atoms with Gasteiger partial charge in [-0.05, 0) is 0 Å². The summed E-state index contributed by atoms with van der Waals surface area (Å²) in [5.74, 6) is 0. The second kappa shape index (κ2) is 21.1. The minimum absolute atomic E-state index is 0. The molecule has 0 aromatic rings. The molecule has 0 radical (unpaired) electrons. The van der Waals surface area contributed by atoms with E-state index in [9.17, 15) is 39.2 Å². The molecule has 0 aromatic heterocycles. The fraction of sp³-hybridized carbons (Fsp3) is 1.00. The van der Waals surface area contributed by atoms with Crippen LogP contribution < -0.4 is 50.0 Å². The molecule has 0 unspecified atom stereocenters. The Balaban J connectivity index is -0.0000000364. The van der Waals surface area contributed by atoms with Crippen molar-refractivity contribution in [3.63, 3.8) is 0 Å². The third kappa shape index (κ3) is 2080. The maximum Gasteiger partial charge on any atom is 4.00 e. The van der Waals surface area contributed by atoms with Crippen LogP contribution in [-0.4, -0.2) is 69.2 Å². The van der Waals surface area contributed by atoms with E-state index >= 15 is 0 Å². The minimum Gasteiger partial charge on any atom is 1.00 e. The molecule has 27 heavy (non-hydrogen) atoms. The first kappa shape index (κ1) is 47.9. The van der Waals surface area contributed by atoms with Crippen molar-refractivity contribution in [2.45, 2.75) is 57.1 Å². The molecular weight excluding hydrogens is 868 g/mol. The van der Waals surface area contributed by atoms with Gasteiger partial charge < -0.3 is 0 Å². The van der Waals surface area contributed by atoms with E-state index in [2.05, 4.69) is 0 Å². The maximum atomic E-state index is 9.72. The van der Waals surface area contributed by atoms with Gasteiger partial charge in [0.15, 0.2) is 0 Å². The first-order chi connectivity index (χ1) is 10.0. The zero-order chi connectivity index (χ0) is 22.5. The Morgan fingerprint density at radius 2 is 0.370 bits per heavy atom. The van der Waals surface area contributed by atoms with Crippen LogP contribution in [-0.2, 0) is 38.5 Å². The van der Waals surface area contributed by atoms with E-state index in [-0.39, 0.29) is 49.3 Å². The molecule has 0 aliphatic heterocycles. The second-order valence-electron chi connectivity index (χ2n) is 6.26. The van der Waals surface area contributed by atoms with Crippen LogP contribution in [0.3, 0.4) is 0 Å². The van der Waals surface area contributed by atoms with Gasteiger partial charge in [-0.1, -0.05) is 0 Å². The number of rotatable bonds is 0. The summed E-state index contributed by atoms with van der Waals surface area (Å²) < 4.78 is 97.2. The van der Waals surface area contributed by atoms with Gasteiger partial charge in [-0.3, -0.25) is 0 Å². The molecule has 17 heteroatoms. The summed E-state index contributed by atoms with van der Waals surface area (Å²) in [4.78, 5) is 0. The summed E-state index contributed by atoms with van der Waals surface area (Å²) >= 11 is -16.9. The largest absolute Gasteiger partial charge is 4.00 e. The Hall–Kier alpha value is 3.23. The monoisotopic (exact) mass is 900 g/mol. The molecule has 0 amide bonds. The molecule has 0 bridgehead atoms. The Morgan fingerprint density at radius 3 is 0.370 bits per heavy atom. The van der Waals surface area contributed by atoms with Gasteiger partial charge in [0.2, 0.25) is 0 Å². The molecule has 164 valence electrons. The van der Waals surface area contributed by atoms with Crippen LogP contribution in [0.1, 0.15) is 0 Å². The Bertz CT molecular complexity index is 397. The number of hydrogen-bond donors (Lipinski definition) is 0. The SMILES string of the molecule is C[As](C)(=O)[O-].C[As](C)(=O)[O-].C[As](C)(=O)[O-].C[As](C)(=O)[O-].C[As](C)(=O)[O-].[Na+].[Os+4]. The summed E-state index contributed by atoms with van der Waals surface area (Å²) in [7, 11) is 0. The topological polar surface area (TPSA) is 201 Å². The maximum absolute atomic E-state index is 9.72. The molecule has 0 fully saturated rings. The number of hydrogen-bond acceptors (Lipinski definition) is 10. The Morgan fingerprint density at radius 1 is 0.370 bits per heavy atom. The van der Waals surface area contributed by atoms with Crippen molar-refractivity contribution in [1.82, 2.24) is 0 Å². The van der Waals surface area contributed by atoms with Crippen molar-refractivity contribution in [2.24, 2.45) is 0 Å². The van der Waals surface area contributed by atoms with Gasteiger partial charge in [0.25, 0.3) is 0 Å². The van der Waals surface area contributed by atoms with Crippen LogP contribution >= 0.6 is 0 Å². The van der Waals surface area contributed by atoms with Gasteiger partial charge >= 0.3 is 215 Å². The van der Waals surface area contributed by atoms with E-state index < -0.39 is 69.2 Å². The smallest absolute Gasteiger partial charge is 1.00 e. The summed E-state index contributed by atoms with van der Waals surface area (Å²) in [5.41, 5.74) is 12.5. The molecule has 0 saturated carbocycles. The quantitative estimate of drug-likeness (QED) is 0.211. The van der Waals surface area contributed by atoms with Crippen molar-refractivity contribution in [3.05, 3.63) is 0 Å². The molecule has 0 saturated heterocycles. The molecule has 0 aromatic carbocycles. The van der Waals surface area contributed by atoms with Crippen molar-refractivity contribution in [1.29, 1.82) is 0 Å². The molecule has 0 aliphatic carbocycles. The molecule has 0 aliphatic rings. The third-order valence-electron chi connectivity index (χ3n) is 0. The molecule has 0 spiro atoms. The van der Waals surface area contributed by atoms with Crippen molar-refractivity contribution in [2.75, 3.05) is 0 Å². The standard InChI is InChI=1S/5C2H7AsO2.Na.Os/c5*1-3(2,4)5;;/h5*1-2H3,(H,4,5);;/q;;;;;+1;+4/p-5. The predicted octanol–water partition coefficient (Wildman–Crippen LogP) is -5.60. The first-order valence-electron chi connectivity index (χ1n) is 6.30. The van der Waals surface area contributed by atoms with Gasteiger partial charge in [0.1, 0.15) is 0 Å². The van der Waals surface area contributed by atoms with E-state index in [1.807, 2.05) is 0 Å². The van der Waals surface area contributed by atoms with E-state index in [0.29, 0.717) is 0 Å². The zero-order valence-corrected chi connectivity index (χ0v) is 31.6. The van der Waals surface area contributed by atoms with Crippen molar-refractivity contribution < 1.29 is 88.5 Å². The van der Waals surface area contributed by atoms with Crippen molar-refractivity contribution >= 4 is 69.2 Å². The molecule has 0 heterocycles. The Labute approximate surface area is 211 Å². The van der Waals surface area contributed by atoms with Crippen molar-refractivity contribution in [3.8, 4) is 0 Å². The van der Waals surface area contributed by atoms with Gasteiger partial charge in [-0.2, -0.15) is 0 Å². The van der Waals surface area contributed by atoms with E-state index in [1.54, 1.807) is 0 Å². The third-order valence-corrected chi connectivity index (χ3v) is 0. The van der Waals surface area contributed by atoms with Crippen LogP contribution in [0.5, 0.6) is 0 Å². The molecular formula is C10H30As5NaO10Os. The van der Waals surface area contributed by atoms with Crippen LogP contribution in [0.15, 0.2) is 0 Å². The first-order valence-corrected chi connectivity index (χ1v) is 32.7. The van der Waals surface area contributed by atoms with Crippen LogP contribution in [0.25, 0.3) is 0 Å². The van der Waals surface area contributed by atoms with E-state index in [4.69, 9.17) is 0 Å². The summed E-state index contributed by atoms with van der Waals surface area (Å²) in [6.07, 6.45) is 0. The van der Waals surface area contributed by atoms with Gasteiger partial charge in [0, 0.05) is 0 Å². The second-order valence-corrected chi connectivity index (χ2v) is 32.5. The van der Waals surface area contributed by atoms with E-state index in [0.717, 1.165) is 0 Å². The van der Waals surface area contributed by atoms with Crippen LogP contribution in [0.2, 0.25) is 57.1 Å². The zero-order valence-electron chi connectivity index (χ0n) is 17.7. The average molecular weight is 898 g/mol. The van der Waals surface area contributed by atoms with Gasteiger partial charge in [-0.25, -0.2) is 0 Å². The van der Waals surface area contributed by atoms with Gasteiger partial charge in [0.05, 0.1) is 0 Å². The van der Waals surface area contributed by atoms with Crippen LogP contribution in [0, 0.1) is 0 Å². The summed E-state index contributed by atoms with van der Waals surface area (Å²) in [6, 6.07) is 0. The molecule has 0 atom stereocenters. The normalized spacial score (nSPS) is 10.9. The van der Waals surface area contributed by atoms with Crippen LogP contribution in [0.4, 0.5) is 0 Å². The summed E-state index contributed by atoms with van der Waals surface area (Å²) in [5, 5.41) is 0. The molecule has 10 nitrogen and oxygen atoms in total. The fourth-order valence-electron chi connectivity index (χ4n) is 0. The minimum atomic E-state index is -3.38. The average Bonchev–Trinajstić information content (AvgIpc) is 1.79. The summed E-state index contributed by atoms with van der Waals surface area (Å²) in [6.45, 7) is 0. The Kier molecular flexibility index (Phi) is 37.4.